The van der Waals surface area contributed by atoms with Gasteiger partial charge >= 0.3 is 0 Å². The molecule has 1 aromatic heterocycles. The van der Waals surface area contributed by atoms with Crippen molar-refractivity contribution in [3.63, 3.8) is 0 Å². The number of hydrogen-bond acceptors (Lipinski definition) is 5. The minimum Gasteiger partial charge on any atom is -0.358 e. The van der Waals surface area contributed by atoms with Gasteiger partial charge in [-0.05, 0) is 26.6 Å². The normalized spacial score (nSPS) is 17.0. The molecule has 0 aromatic carbocycles. The second kappa shape index (κ2) is 7.90. The maximum Gasteiger partial charge on any atom is 0.241 e. The Labute approximate surface area is 130 Å². The molecule has 0 radical (unpaired) electrons. The number of aromatic nitrogens is 2. The third kappa shape index (κ3) is 5.12. The molecule has 0 unspecified atom stereocenters. The smallest absolute Gasteiger partial charge is 0.241 e. The lowest BCUT2D eigenvalue weighted by atomic mass is 10.3. The first kappa shape index (κ1) is 16.4. The van der Waals surface area contributed by atoms with E-state index in [2.05, 4.69) is 32.6 Å². The highest BCUT2D eigenvalue weighted by Crippen LogP contribution is 2.06. The molecule has 0 saturated carbocycles. The first-order chi connectivity index (χ1) is 10.6. The van der Waals surface area contributed by atoms with E-state index < -0.39 is 0 Å². The summed E-state index contributed by atoms with van der Waals surface area (Å²) in [5, 5.41) is 9.40. The highest BCUT2D eigenvalue weighted by atomic mass is 16.2. The Morgan fingerprint density at radius 1 is 1.18 bits per heavy atom. The van der Waals surface area contributed by atoms with Gasteiger partial charge in [0.1, 0.15) is 6.54 Å². The summed E-state index contributed by atoms with van der Waals surface area (Å²) < 4.78 is 1.50. The van der Waals surface area contributed by atoms with Crippen LogP contribution < -0.4 is 10.6 Å². The number of likely N-dealkylation sites (N-methyl/N-ethyl adjacent to an activating group) is 2. The van der Waals surface area contributed by atoms with Gasteiger partial charge in [0.2, 0.25) is 11.8 Å². The van der Waals surface area contributed by atoms with E-state index in [0.29, 0.717) is 12.2 Å². The van der Waals surface area contributed by atoms with Gasteiger partial charge in [-0.3, -0.25) is 19.2 Å². The van der Waals surface area contributed by atoms with Crippen LogP contribution in [0.1, 0.15) is 6.42 Å². The molecule has 2 N–H and O–H groups in total. The molecule has 0 atom stereocenters. The van der Waals surface area contributed by atoms with Crippen LogP contribution in [0.25, 0.3) is 0 Å². The van der Waals surface area contributed by atoms with Gasteiger partial charge in [0, 0.05) is 26.3 Å². The number of nitrogens with zero attached hydrogens (tertiary/aromatic N) is 4. The fraction of sp³-hybridized carbons (Fsp3) is 0.643. The molecule has 1 aromatic rings. The molecule has 8 heteroatoms. The summed E-state index contributed by atoms with van der Waals surface area (Å²) in [5.41, 5.74) is 0.612. The Bertz CT molecular complexity index is 515. The van der Waals surface area contributed by atoms with Crippen molar-refractivity contribution >= 4 is 17.5 Å². The van der Waals surface area contributed by atoms with Crippen LogP contribution in [-0.4, -0.2) is 78.2 Å². The van der Waals surface area contributed by atoms with Crippen molar-refractivity contribution < 1.29 is 9.59 Å². The lowest BCUT2D eigenvalue weighted by Gasteiger charge is -2.19. The maximum absolute atomic E-state index is 12.1. The Hall–Kier alpha value is -1.93. The van der Waals surface area contributed by atoms with E-state index in [1.165, 1.54) is 4.68 Å². The number of amides is 2. The third-order valence-electron chi connectivity index (χ3n) is 3.68. The number of anilines is 1. The predicted molar refractivity (Wildman–Crippen MR) is 83.5 cm³/mol. The van der Waals surface area contributed by atoms with Crippen molar-refractivity contribution in [2.45, 2.75) is 13.0 Å². The molecule has 1 aliphatic rings. The fourth-order valence-corrected chi connectivity index (χ4v) is 2.40. The van der Waals surface area contributed by atoms with Gasteiger partial charge in [-0.25, -0.2) is 0 Å². The van der Waals surface area contributed by atoms with Gasteiger partial charge in [0.05, 0.1) is 18.4 Å². The zero-order valence-corrected chi connectivity index (χ0v) is 13.2. The minimum atomic E-state index is -0.130. The molecule has 22 heavy (non-hydrogen) atoms. The van der Waals surface area contributed by atoms with Crippen LogP contribution >= 0.6 is 0 Å². The molecular weight excluding hydrogens is 284 g/mol. The Kier molecular flexibility index (Phi) is 5.91. The molecule has 1 aliphatic heterocycles. The van der Waals surface area contributed by atoms with Crippen LogP contribution in [-0.2, 0) is 16.1 Å². The summed E-state index contributed by atoms with van der Waals surface area (Å²) in [6, 6.07) is 0. The van der Waals surface area contributed by atoms with Crippen molar-refractivity contribution in [3.8, 4) is 0 Å². The first-order valence-corrected chi connectivity index (χ1v) is 7.50. The van der Waals surface area contributed by atoms with Crippen LogP contribution in [0.2, 0.25) is 0 Å². The quantitative estimate of drug-likeness (QED) is 0.744. The summed E-state index contributed by atoms with van der Waals surface area (Å²) >= 11 is 0. The Morgan fingerprint density at radius 3 is 2.77 bits per heavy atom. The van der Waals surface area contributed by atoms with Gasteiger partial charge in [-0.1, -0.05) is 0 Å². The molecule has 2 heterocycles. The largest absolute Gasteiger partial charge is 0.358 e. The minimum absolute atomic E-state index is 0.0518. The number of hydrogen-bond donors (Lipinski definition) is 2. The van der Waals surface area contributed by atoms with Gasteiger partial charge in [-0.15, -0.1) is 0 Å². The lowest BCUT2D eigenvalue weighted by molar-refractivity contribution is -0.121. The Balaban J connectivity index is 1.80. The lowest BCUT2D eigenvalue weighted by Crippen LogP contribution is -2.35. The summed E-state index contributed by atoms with van der Waals surface area (Å²) in [6.07, 6.45) is 4.29. The number of nitrogens with one attached hydrogen (secondary N) is 2. The van der Waals surface area contributed by atoms with Crippen molar-refractivity contribution in [2.24, 2.45) is 0 Å². The van der Waals surface area contributed by atoms with E-state index >= 15 is 0 Å². The predicted octanol–water partition coefficient (Wildman–Crippen LogP) is -0.795. The third-order valence-corrected chi connectivity index (χ3v) is 3.68. The molecule has 1 saturated heterocycles. The van der Waals surface area contributed by atoms with Crippen LogP contribution in [0.3, 0.4) is 0 Å². The Morgan fingerprint density at radius 2 is 2.00 bits per heavy atom. The molecular formula is C14H24N6O2. The van der Waals surface area contributed by atoms with Crippen molar-refractivity contribution in [2.75, 3.05) is 52.1 Å². The average Bonchev–Trinajstić information content (AvgIpc) is 2.80. The topological polar surface area (TPSA) is 82.5 Å². The van der Waals surface area contributed by atoms with Gasteiger partial charge in [0.25, 0.3) is 0 Å². The molecule has 0 aliphatic carbocycles. The fourth-order valence-electron chi connectivity index (χ4n) is 2.40. The number of rotatable bonds is 5. The second-order valence-electron chi connectivity index (χ2n) is 5.58. The van der Waals surface area contributed by atoms with Crippen molar-refractivity contribution in [1.82, 2.24) is 24.9 Å². The molecule has 122 valence electrons. The molecule has 2 rings (SSSR count). The van der Waals surface area contributed by atoms with Crippen LogP contribution in [0, 0.1) is 0 Å². The van der Waals surface area contributed by atoms with Crippen molar-refractivity contribution in [3.05, 3.63) is 12.4 Å². The van der Waals surface area contributed by atoms with E-state index in [-0.39, 0.29) is 18.4 Å². The standard InChI is InChI=1S/C14H24N6O2/c1-15-13(21)11-20-9-12(8-16-20)17-14(22)10-19-5-3-4-18(2)6-7-19/h8-9H,3-7,10-11H2,1-2H3,(H,15,21)(H,17,22). The summed E-state index contributed by atoms with van der Waals surface area (Å²) in [5.74, 6) is -0.182. The average molecular weight is 308 g/mol. The van der Waals surface area contributed by atoms with Gasteiger partial charge < -0.3 is 15.5 Å². The molecule has 0 spiro atoms. The van der Waals surface area contributed by atoms with Crippen LogP contribution in [0.5, 0.6) is 0 Å². The zero-order valence-electron chi connectivity index (χ0n) is 13.2. The number of carbonyl (C=O) groups excluding carboxylic acids is 2. The molecule has 8 nitrogen and oxygen atoms in total. The SMILES string of the molecule is CNC(=O)Cn1cc(NC(=O)CN2CCCN(C)CC2)cn1. The maximum atomic E-state index is 12.1. The van der Waals surface area contributed by atoms with E-state index in [4.69, 9.17) is 0 Å². The van der Waals surface area contributed by atoms with E-state index in [1.54, 1.807) is 19.4 Å². The highest BCUT2D eigenvalue weighted by molar-refractivity contribution is 5.92. The molecule has 1 fully saturated rings. The van der Waals surface area contributed by atoms with Crippen LogP contribution in [0.4, 0.5) is 5.69 Å². The summed E-state index contributed by atoms with van der Waals surface area (Å²) in [4.78, 5) is 27.8. The van der Waals surface area contributed by atoms with E-state index in [9.17, 15) is 9.59 Å². The summed E-state index contributed by atoms with van der Waals surface area (Å²) in [6.45, 7) is 4.43. The van der Waals surface area contributed by atoms with Gasteiger partial charge in [-0.2, -0.15) is 5.10 Å². The van der Waals surface area contributed by atoms with E-state index in [0.717, 1.165) is 32.6 Å². The second-order valence-corrected chi connectivity index (χ2v) is 5.58. The monoisotopic (exact) mass is 308 g/mol. The van der Waals surface area contributed by atoms with Gasteiger partial charge in [0.15, 0.2) is 0 Å². The van der Waals surface area contributed by atoms with E-state index in [1.807, 2.05) is 0 Å². The molecule has 0 bridgehead atoms. The van der Waals surface area contributed by atoms with Crippen molar-refractivity contribution in [1.29, 1.82) is 0 Å². The highest BCUT2D eigenvalue weighted by Gasteiger charge is 2.15. The zero-order chi connectivity index (χ0) is 15.9. The first-order valence-electron chi connectivity index (χ1n) is 7.50. The number of carbonyl (C=O) groups is 2. The molecule has 2 amide bonds. The van der Waals surface area contributed by atoms with Crippen LogP contribution in [0.15, 0.2) is 12.4 Å². The summed E-state index contributed by atoms with van der Waals surface area (Å²) in [7, 11) is 3.68.